The SMILES string of the molecule is Cc1ccc(-c2ccc3c(-c4ccccc4)c(-c4ccccc4)c4ccc(-c5ccc(C)cc5)cc4c3c2)cc1. The van der Waals surface area contributed by atoms with Crippen LogP contribution in [-0.2, 0) is 0 Å². The number of aryl methyl sites for hydroxylation is 2. The van der Waals surface area contributed by atoms with Crippen LogP contribution in [0.5, 0.6) is 0 Å². The maximum absolute atomic E-state index is 2.39. The number of rotatable bonds is 4. The lowest BCUT2D eigenvalue weighted by atomic mass is 9.83. The minimum absolute atomic E-state index is 1.24. The Hall–Kier alpha value is -4.94. The van der Waals surface area contributed by atoms with Crippen molar-refractivity contribution in [3.05, 3.63) is 157 Å². The summed E-state index contributed by atoms with van der Waals surface area (Å²) in [5.41, 5.74) is 12.5. The Balaban J connectivity index is 1.62. The van der Waals surface area contributed by atoms with Crippen LogP contribution in [0.1, 0.15) is 11.1 Å². The summed E-state index contributed by atoms with van der Waals surface area (Å²) < 4.78 is 0. The van der Waals surface area contributed by atoms with E-state index in [-0.39, 0.29) is 0 Å². The standard InChI is InChI=1S/C40H30/c1-27-13-17-29(18-14-27)33-21-23-35-37(25-33)38-26-34(30-19-15-28(2)16-20-30)22-24-36(38)40(32-11-7-4-8-12-32)39(35)31-9-5-3-6-10-31/h3-26H,1-2H3. The van der Waals surface area contributed by atoms with Gasteiger partial charge in [0.25, 0.3) is 0 Å². The average Bonchev–Trinajstić information content (AvgIpc) is 3.01. The van der Waals surface area contributed by atoms with E-state index in [0.29, 0.717) is 0 Å². The van der Waals surface area contributed by atoms with Crippen LogP contribution in [0, 0.1) is 13.8 Å². The third-order valence-corrected chi connectivity index (χ3v) is 8.01. The molecule has 40 heavy (non-hydrogen) atoms. The van der Waals surface area contributed by atoms with Gasteiger partial charge in [0.2, 0.25) is 0 Å². The molecule has 0 saturated carbocycles. The zero-order valence-corrected chi connectivity index (χ0v) is 22.9. The summed E-state index contributed by atoms with van der Waals surface area (Å²) in [4.78, 5) is 0. The molecule has 0 radical (unpaired) electrons. The van der Waals surface area contributed by atoms with Crippen LogP contribution in [0.15, 0.2) is 146 Å². The van der Waals surface area contributed by atoms with Crippen molar-refractivity contribution < 1.29 is 0 Å². The topological polar surface area (TPSA) is 0 Å². The van der Waals surface area contributed by atoms with Gasteiger partial charge in [-0.1, -0.05) is 145 Å². The highest BCUT2D eigenvalue weighted by atomic mass is 14.2. The van der Waals surface area contributed by atoms with Gasteiger partial charge in [0, 0.05) is 0 Å². The van der Waals surface area contributed by atoms with E-state index in [4.69, 9.17) is 0 Å². The summed E-state index contributed by atoms with van der Waals surface area (Å²) in [5.74, 6) is 0. The molecule has 7 aromatic rings. The number of benzene rings is 7. The maximum atomic E-state index is 2.39. The fourth-order valence-corrected chi connectivity index (χ4v) is 5.90. The predicted octanol–water partition coefficient (Wildman–Crippen LogP) is 11.3. The van der Waals surface area contributed by atoms with Crippen LogP contribution in [0.2, 0.25) is 0 Å². The van der Waals surface area contributed by atoms with E-state index in [0.717, 1.165) is 0 Å². The van der Waals surface area contributed by atoms with E-state index in [9.17, 15) is 0 Å². The fourth-order valence-electron chi connectivity index (χ4n) is 5.90. The highest BCUT2D eigenvalue weighted by Gasteiger charge is 2.18. The van der Waals surface area contributed by atoms with Gasteiger partial charge < -0.3 is 0 Å². The molecule has 0 N–H and O–H groups in total. The highest BCUT2D eigenvalue weighted by Crippen LogP contribution is 2.46. The molecule has 0 amide bonds. The van der Waals surface area contributed by atoms with Crippen molar-refractivity contribution in [2.75, 3.05) is 0 Å². The molecule has 0 aliphatic heterocycles. The van der Waals surface area contributed by atoms with Gasteiger partial charge >= 0.3 is 0 Å². The molecule has 0 spiro atoms. The van der Waals surface area contributed by atoms with Crippen molar-refractivity contribution in [3.63, 3.8) is 0 Å². The van der Waals surface area contributed by atoms with Gasteiger partial charge in [-0.3, -0.25) is 0 Å². The van der Waals surface area contributed by atoms with Gasteiger partial charge in [0.1, 0.15) is 0 Å². The largest absolute Gasteiger partial charge is 0.0622 e. The fraction of sp³-hybridized carbons (Fsp3) is 0.0500. The van der Waals surface area contributed by atoms with Crippen LogP contribution in [-0.4, -0.2) is 0 Å². The maximum Gasteiger partial charge on any atom is -0.00203 e. The summed E-state index contributed by atoms with van der Waals surface area (Å²) in [6.07, 6.45) is 0. The molecule has 0 heterocycles. The van der Waals surface area contributed by atoms with Gasteiger partial charge in [-0.15, -0.1) is 0 Å². The minimum atomic E-state index is 1.24. The Morgan fingerprint density at radius 1 is 0.275 bits per heavy atom. The Morgan fingerprint density at radius 2 is 0.625 bits per heavy atom. The van der Waals surface area contributed by atoms with Crippen LogP contribution in [0.25, 0.3) is 66.1 Å². The van der Waals surface area contributed by atoms with E-state index < -0.39 is 0 Å². The molecule has 0 bridgehead atoms. The van der Waals surface area contributed by atoms with Crippen molar-refractivity contribution in [2.45, 2.75) is 13.8 Å². The zero-order chi connectivity index (χ0) is 27.1. The first kappa shape index (κ1) is 24.1. The van der Waals surface area contributed by atoms with Gasteiger partial charge in [-0.2, -0.15) is 0 Å². The number of hydrogen-bond donors (Lipinski definition) is 0. The monoisotopic (exact) mass is 510 g/mol. The summed E-state index contributed by atoms with van der Waals surface area (Å²) in [6, 6.07) is 53.4. The Kier molecular flexibility index (Phi) is 6.02. The molecule has 0 saturated heterocycles. The third kappa shape index (κ3) is 4.28. The van der Waals surface area contributed by atoms with E-state index in [1.807, 2.05) is 0 Å². The van der Waals surface area contributed by atoms with E-state index in [1.165, 1.54) is 77.2 Å². The second-order valence-electron chi connectivity index (χ2n) is 10.7. The third-order valence-electron chi connectivity index (χ3n) is 8.01. The quantitative estimate of drug-likeness (QED) is 0.207. The normalized spacial score (nSPS) is 11.2. The van der Waals surface area contributed by atoms with Crippen molar-refractivity contribution in [2.24, 2.45) is 0 Å². The summed E-state index contributed by atoms with van der Waals surface area (Å²) in [5, 5.41) is 5.10. The highest BCUT2D eigenvalue weighted by molar-refractivity contribution is 6.22. The zero-order valence-electron chi connectivity index (χ0n) is 22.9. The predicted molar refractivity (Wildman–Crippen MR) is 173 cm³/mol. The molecular formula is C40H30. The van der Waals surface area contributed by atoms with Crippen LogP contribution < -0.4 is 0 Å². The Bertz CT molecular complexity index is 1810. The van der Waals surface area contributed by atoms with E-state index in [1.54, 1.807) is 0 Å². The molecule has 7 rings (SSSR count). The smallest absolute Gasteiger partial charge is 0.00203 e. The summed E-state index contributed by atoms with van der Waals surface area (Å²) in [7, 11) is 0. The van der Waals surface area contributed by atoms with Crippen molar-refractivity contribution in [1.82, 2.24) is 0 Å². The lowest BCUT2D eigenvalue weighted by Crippen LogP contribution is -1.93. The molecule has 0 nitrogen and oxygen atoms in total. The van der Waals surface area contributed by atoms with Crippen LogP contribution >= 0.6 is 0 Å². The van der Waals surface area contributed by atoms with Crippen molar-refractivity contribution in [3.8, 4) is 44.5 Å². The number of fused-ring (bicyclic) bond motifs is 3. The summed E-state index contributed by atoms with van der Waals surface area (Å²) in [6.45, 7) is 4.28. The minimum Gasteiger partial charge on any atom is -0.0622 e. The molecule has 0 unspecified atom stereocenters. The first-order chi connectivity index (χ1) is 19.7. The second kappa shape index (κ2) is 9.98. The summed E-state index contributed by atoms with van der Waals surface area (Å²) >= 11 is 0. The molecule has 0 fully saturated rings. The van der Waals surface area contributed by atoms with Crippen LogP contribution in [0.3, 0.4) is 0 Å². The van der Waals surface area contributed by atoms with Gasteiger partial charge in [0.05, 0.1) is 0 Å². The van der Waals surface area contributed by atoms with E-state index in [2.05, 4.69) is 159 Å². The molecule has 0 aliphatic carbocycles. The van der Waals surface area contributed by atoms with Gasteiger partial charge in [-0.05, 0) is 92.0 Å². The first-order valence-corrected chi connectivity index (χ1v) is 13.9. The molecule has 190 valence electrons. The number of hydrogen-bond acceptors (Lipinski definition) is 0. The lowest BCUT2D eigenvalue weighted by molar-refractivity contribution is 1.47. The van der Waals surface area contributed by atoms with Crippen LogP contribution in [0.4, 0.5) is 0 Å². The Labute approximate surface area is 236 Å². The molecule has 0 aromatic heterocycles. The lowest BCUT2D eigenvalue weighted by Gasteiger charge is -2.20. The molecular weight excluding hydrogens is 480 g/mol. The molecule has 7 aromatic carbocycles. The van der Waals surface area contributed by atoms with E-state index >= 15 is 0 Å². The van der Waals surface area contributed by atoms with Gasteiger partial charge in [0.15, 0.2) is 0 Å². The molecule has 0 heteroatoms. The van der Waals surface area contributed by atoms with Crippen molar-refractivity contribution in [1.29, 1.82) is 0 Å². The molecule has 0 atom stereocenters. The second-order valence-corrected chi connectivity index (χ2v) is 10.7. The van der Waals surface area contributed by atoms with Gasteiger partial charge in [-0.25, -0.2) is 0 Å². The average molecular weight is 511 g/mol. The molecule has 0 aliphatic rings. The first-order valence-electron chi connectivity index (χ1n) is 13.9. The van der Waals surface area contributed by atoms with Crippen molar-refractivity contribution >= 4 is 21.5 Å². The Morgan fingerprint density at radius 3 is 1.00 bits per heavy atom.